The molecule has 1 nitrogen and oxygen atoms in total. The van der Waals surface area contributed by atoms with E-state index < -0.39 is 0 Å². The van der Waals surface area contributed by atoms with Crippen molar-refractivity contribution in [3.63, 3.8) is 0 Å². The van der Waals surface area contributed by atoms with Crippen LogP contribution in [-0.2, 0) is 6.42 Å². The molecule has 3 heteroatoms. The van der Waals surface area contributed by atoms with Gasteiger partial charge in [-0.25, -0.2) is 4.39 Å². The molecule has 1 aromatic rings. The lowest BCUT2D eigenvalue weighted by Gasteiger charge is -2.27. The summed E-state index contributed by atoms with van der Waals surface area (Å²) in [6.07, 6.45) is 2.83. The Hall–Kier alpha value is -0.600. The quantitative estimate of drug-likeness (QED) is 0.858. The standard InChI is InChI=1S/C13H16ClFO/c1-13(8-16,10-2-3-10)7-9-6-11(14)4-5-12(9)15/h4-6,10,16H,2-3,7-8H2,1H3. The summed E-state index contributed by atoms with van der Waals surface area (Å²) >= 11 is 5.85. The van der Waals surface area contributed by atoms with Gasteiger partial charge >= 0.3 is 0 Å². The Balaban J connectivity index is 2.21. The normalized spacial score (nSPS) is 19.5. The van der Waals surface area contributed by atoms with Crippen molar-refractivity contribution in [3.05, 3.63) is 34.6 Å². The number of aliphatic hydroxyl groups excluding tert-OH is 1. The van der Waals surface area contributed by atoms with Crippen molar-refractivity contribution in [1.29, 1.82) is 0 Å². The Morgan fingerprint density at radius 3 is 2.75 bits per heavy atom. The van der Waals surface area contributed by atoms with Crippen molar-refractivity contribution >= 4 is 11.6 Å². The summed E-state index contributed by atoms with van der Waals surface area (Å²) in [4.78, 5) is 0. The van der Waals surface area contributed by atoms with Gasteiger partial charge in [0.15, 0.2) is 0 Å². The summed E-state index contributed by atoms with van der Waals surface area (Å²) in [6.45, 7) is 2.12. The fraction of sp³-hybridized carbons (Fsp3) is 0.538. The predicted octanol–water partition coefficient (Wildman–Crippen LogP) is 3.43. The van der Waals surface area contributed by atoms with Gasteiger partial charge in [0.25, 0.3) is 0 Å². The smallest absolute Gasteiger partial charge is 0.126 e. The number of hydrogen-bond donors (Lipinski definition) is 1. The molecule has 88 valence electrons. The zero-order valence-corrected chi connectivity index (χ0v) is 10.1. The van der Waals surface area contributed by atoms with Crippen molar-refractivity contribution in [2.75, 3.05) is 6.61 Å². The third-order valence-electron chi connectivity index (χ3n) is 3.53. The number of hydrogen-bond acceptors (Lipinski definition) is 1. The molecule has 0 amide bonds. The first kappa shape index (κ1) is 11.9. The van der Waals surface area contributed by atoms with Crippen molar-refractivity contribution in [2.24, 2.45) is 11.3 Å². The molecule has 16 heavy (non-hydrogen) atoms. The maximum absolute atomic E-state index is 13.6. The van der Waals surface area contributed by atoms with E-state index in [1.807, 2.05) is 6.92 Å². The summed E-state index contributed by atoms with van der Waals surface area (Å²) in [5, 5.41) is 10.0. The molecule has 1 saturated carbocycles. The lowest BCUT2D eigenvalue weighted by atomic mass is 9.79. The molecule has 2 rings (SSSR count). The monoisotopic (exact) mass is 242 g/mol. The minimum absolute atomic E-state index is 0.101. The highest BCUT2D eigenvalue weighted by molar-refractivity contribution is 6.30. The minimum Gasteiger partial charge on any atom is -0.396 e. The van der Waals surface area contributed by atoms with E-state index >= 15 is 0 Å². The fourth-order valence-electron chi connectivity index (χ4n) is 2.22. The van der Waals surface area contributed by atoms with E-state index in [1.54, 1.807) is 12.1 Å². The van der Waals surface area contributed by atoms with Crippen LogP contribution in [0.15, 0.2) is 18.2 Å². The third-order valence-corrected chi connectivity index (χ3v) is 3.76. The van der Waals surface area contributed by atoms with Crippen LogP contribution >= 0.6 is 11.6 Å². The van der Waals surface area contributed by atoms with Crippen LogP contribution in [-0.4, -0.2) is 11.7 Å². The second kappa shape index (κ2) is 4.34. The Labute approximate surface area is 100 Å². The molecule has 0 spiro atoms. The number of rotatable bonds is 4. The van der Waals surface area contributed by atoms with Crippen LogP contribution in [0.4, 0.5) is 4.39 Å². The van der Waals surface area contributed by atoms with Crippen LogP contribution in [0.2, 0.25) is 5.02 Å². The molecule has 0 heterocycles. The summed E-state index contributed by atoms with van der Waals surface area (Å²) < 4.78 is 13.6. The average Bonchev–Trinajstić information content (AvgIpc) is 3.07. The maximum atomic E-state index is 13.6. The highest BCUT2D eigenvalue weighted by Crippen LogP contribution is 2.47. The van der Waals surface area contributed by atoms with E-state index in [4.69, 9.17) is 11.6 Å². The van der Waals surface area contributed by atoms with Gasteiger partial charge in [-0.2, -0.15) is 0 Å². The van der Waals surface area contributed by atoms with Crippen LogP contribution in [0.25, 0.3) is 0 Å². The molecule has 0 radical (unpaired) electrons. The zero-order chi connectivity index (χ0) is 11.8. The molecule has 0 aliphatic heterocycles. The Morgan fingerprint density at radius 1 is 1.50 bits per heavy atom. The SMILES string of the molecule is CC(CO)(Cc1cc(Cl)ccc1F)C1CC1. The number of benzene rings is 1. The van der Waals surface area contributed by atoms with Gasteiger partial charge in [-0.05, 0) is 54.4 Å². The Kier molecular flexibility index (Phi) is 3.22. The van der Waals surface area contributed by atoms with Gasteiger partial charge in [-0.1, -0.05) is 18.5 Å². The van der Waals surface area contributed by atoms with Gasteiger partial charge in [-0.3, -0.25) is 0 Å². The van der Waals surface area contributed by atoms with E-state index in [-0.39, 0.29) is 17.8 Å². The molecular weight excluding hydrogens is 227 g/mol. The first-order chi connectivity index (χ1) is 7.55. The van der Waals surface area contributed by atoms with E-state index in [1.165, 1.54) is 6.07 Å². The van der Waals surface area contributed by atoms with E-state index in [0.717, 1.165) is 12.8 Å². The highest BCUT2D eigenvalue weighted by atomic mass is 35.5. The van der Waals surface area contributed by atoms with Crippen molar-refractivity contribution in [3.8, 4) is 0 Å². The van der Waals surface area contributed by atoms with E-state index in [9.17, 15) is 9.50 Å². The van der Waals surface area contributed by atoms with Crippen molar-refractivity contribution < 1.29 is 9.50 Å². The fourth-order valence-corrected chi connectivity index (χ4v) is 2.42. The molecule has 1 fully saturated rings. The molecule has 1 aliphatic carbocycles. The van der Waals surface area contributed by atoms with Crippen molar-refractivity contribution in [1.82, 2.24) is 0 Å². The van der Waals surface area contributed by atoms with Gasteiger partial charge < -0.3 is 5.11 Å². The van der Waals surface area contributed by atoms with Crippen molar-refractivity contribution in [2.45, 2.75) is 26.2 Å². The largest absolute Gasteiger partial charge is 0.396 e. The predicted molar refractivity (Wildman–Crippen MR) is 63.0 cm³/mol. The van der Waals surface area contributed by atoms with Gasteiger partial charge in [0.2, 0.25) is 0 Å². The van der Waals surface area contributed by atoms with Crippen LogP contribution in [0, 0.1) is 17.2 Å². The van der Waals surface area contributed by atoms with Crippen LogP contribution in [0.5, 0.6) is 0 Å². The number of aliphatic hydroxyl groups is 1. The molecule has 1 aliphatic rings. The summed E-state index contributed by atoms with van der Waals surface area (Å²) in [6, 6.07) is 4.60. The van der Waals surface area contributed by atoms with Gasteiger partial charge in [0.05, 0.1) is 0 Å². The van der Waals surface area contributed by atoms with Crippen LogP contribution < -0.4 is 0 Å². The molecule has 1 aromatic carbocycles. The molecule has 0 saturated heterocycles. The molecule has 0 aromatic heterocycles. The maximum Gasteiger partial charge on any atom is 0.126 e. The first-order valence-electron chi connectivity index (χ1n) is 5.60. The topological polar surface area (TPSA) is 20.2 Å². The average molecular weight is 243 g/mol. The van der Waals surface area contributed by atoms with Crippen LogP contribution in [0.3, 0.4) is 0 Å². The van der Waals surface area contributed by atoms with Gasteiger partial charge in [-0.15, -0.1) is 0 Å². The lowest BCUT2D eigenvalue weighted by Crippen LogP contribution is -2.27. The molecule has 0 bridgehead atoms. The minimum atomic E-state index is -0.232. The summed E-state index contributed by atoms with van der Waals surface area (Å²) in [5.74, 6) is 0.292. The van der Waals surface area contributed by atoms with E-state index in [0.29, 0.717) is 22.9 Å². The molecular formula is C13H16ClFO. The third kappa shape index (κ3) is 2.38. The molecule has 1 N–H and O–H groups in total. The Bertz CT molecular complexity index is 390. The Morgan fingerprint density at radius 2 is 2.19 bits per heavy atom. The van der Waals surface area contributed by atoms with Gasteiger partial charge in [0.1, 0.15) is 5.82 Å². The second-order valence-corrected chi connectivity index (χ2v) is 5.44. The van der Waals surface area contributed by atoms with E-state index in [2.05, 4.69) is 0 Å². The van der Waals surface area contributed by atoms with Gasteiger partial charge in [0, 0.05) is 11.6 Å². The highest BCUT2D eigenvalue weighted by Gasteiger charge is 2.41. The summed E-state index contributed by atoms with van der Waals surface area (Å²) in [7, 11) is 0. The first-order valence-corrected chi connectivity index (χ1v) is 5.98. The lowest BCUT2D eigenvalue weighted by molar-refractivity contribution is 0.118. The molecule has 1 atom stereocenters. The van der Waals surface area contributed by atoms with Crippen LogP contribution in [0.1, 0.15) is 25.3 Å². The zero-order valence-electron chi connectivity index (χ0n) is 9.34. The summed E-state index contributed by atoms with van der Waals surface area (Å²) in [5.41, 5.74) is 0.405. The number of halogens is 2. The second-order valence-electron chi connectivity index (χ2n) is 5.00. The molecule has 1 unspecified atom stereocenters.